The average molecular weight is 417 g/mol. The molecule has 2 rings (SSSR count). The maximum atomic E-state index is 12.0. The van der Waals surface area contributed by atoms with Gasteiger partial charge in [-0.15, -0.1) is 0 Å². The predicted molar refractivity (Wildman–Crippen MR) is 97.4 cm³/mol. The first kappa shape index (κ1) is 17.4. The van der Waals surface area contributed by atoms with E-state index in [0.29, 0.717) is 0 Å². The number of anilines is 1. The quantitative estimate of drug-likeness (QED) is 0.557. The summed E-state index contributed by atoms with van der Waals surface area (Å²) < 4.78 is 12.4. The van der Waals surface area contributed by atoms with Crippen molar-refractivity contribution in [1.29, 1.82) is 0 Å². The molecule has 0 spiro atoms. The van der Waals surface area contributed by atoms with Gasteiger partial charge in [0.1, 0.15) is 17.0 Å². The smallest absolute Gasteiger partial charge is 0.412 e. The van der Waals surface area contributed by atoms with Gasteiger partial charge in [0.05, 0.1) is 0 Å². The molecule has 1 aromatic carbocycles. The minimum Gasteiger partial charge on any atom is -0.486 e. The number of hydrogen-bond donors (Lipinski definition) is 1. The largest absolute Gasteiger partial charge is 0.486 e. The molecule has 0 bridgehead atoms. The molecular formula is C17H24INO3. The fourth-order valence-corrected chi connectivity index (χ4v) is 2.96. The molecule has 1 heterocycles. The highest BCUT2D eigenvalue weighted by Crippen LogP contribution is 2.42. The summed E-state index contributed by atoms with van der Waals surface area (Å²) in [5.74, 6) is 0.964. The molecule has 0 saturated carbocycles. The maximum absolute atomic E-state index is 12.0. The zero-order valence-corrected chi connectivity index (χ0v) is 16.3. The van der Waals surface area contributed by atoms with Crippen LogP contribution in [0.4, 0.5) is 10.5 Å². The number of benzene rings is 1. The highest BCUT2D eigenvalue weighted by molar-refractivity contribution is 14.1. The Balaban J connectivity index is 2.28. The lowest BCUT2D eigenvalue weighted by Crippen LogP contribution is -2.31. The number of alkyl halides is 1. The van der Waals surface area contributed by atoms with Gasteiger partial charge in [0, 0.05) is 22.1 Å². The van der Waals surface area contributed by atoms with Crippen LogP contribution in [0.1, 0.15) is 44.4 Å². The lowest BCUT2D eigenvalue weighted by Gasteiger charge is -2.22. The second-order valence-electron chi connectivity index (χ2n) is 7.15. The second-order valence-corrected chi connectivity index (χ2v) is 7.91. The van der Waals surface area contributed by atoms with Crippen LogP contribution >= 0.6 is 22.6 Å². The first-order valence-corrected chi connectivity index (χ1v) is 8.95. The van der Waals surface area contributed by atoms with E-state index in [9.17, 15) is 4.79 Å². The van der Waals surface area contributed by atoms with Gasteiger partial charge in [-0.2, -0.15) is 0 Å². The van der Waals surface area contributed by atoms with E-state index in [4.69, 9.17) is 9.47 Å². The Morgan fingerprint density at radius 1 is 1.41 bits per heavy atom. The molecule has 1 atom stereocenters. The van der Waals surface area contributed by atoms with Crippen molar-refractivity contribution < 1.29 is 14.3 Å². The minimum atomic E-state index is -0.507. The van der Waals surface area contributed by atoms with Crippen molar-refractivity contribution in [2.75, 3.05) is 9.74 Å². The van der Waals surface area contributed by atoms with E-state index in [0.717, 1.165) is 39.0 Å². The molecule has 1 aromatic rings. The van der Waals surface area contributed by atoms with Gasteiger partial charge < -0.3 is 9.47 Å². The molecule has 1 unspecified atom stereocenters. The fourth-order valence-electron chi connectivity index (χ4n) is 2.54. The van der Waals surface area contributed by atoms with Gasteiger partial charge in [-0.1, -0.05) is 22.6 Å². The van der Waals surface area contributed by atoms with Crippen LogP contribution in [0, 0.1) is 13.8 Å². The van der Waals surface area contributed by atoms with Gasteiger partial charge in [0.25, 0.3) is 0 Å². The SMILES string of the molecule is Cc1c(NC(=O)OC(C)(C)C)cc2c(c1C)OC(C)(CI)C2. The van der Waals surface area contributed by atoms with Crippen LogP contribution < -0.4 is 10.1 Å². The van der Waals surface area contributed by atoms with E-state index >= 15 is 0 Å². The monoisotopic (exact) mass is 417 g/mol. The summed E-state index contributed by atoms with van der Waals surface area (Å²) in [5.41, 5.74) is 3.37. The van der Waals surface area contributed by atoms with Crippen molar-refractivity contribution in [3.8, 4) is 5.75 Å². The number of ether oxygens (including phenoxy) is 2. The Hall–Kier alpha value is -0.980. The van der Waals surface area contributed by atoms with Gasteiger partial charge >= 0.3 is 6.09 Å². The number of halogens is 1. The van der Waals surface area contributed by atoms with Crippen LogP contribution in [-0.4, -0.2) is 21.7 Å². The molecular weight excluding hydrogens is 393 g/mol. The third kappa shape index (κ3) is 3.67. The number of hydrogen-bond acceptors (Lipinski definition) is 3. The molecule has 1 N–H and O–H groups in total. The van der Waals surface area contributed by atoms with Gasteiger partial charge in [0.15, 0.2) is 0 Å². The first-order chi connectivity index (χ1) is 10.0. The van der Waals surface area contributed by atoms with Crippen molar-refractivity contribution in [2.45, 2.75) is 59.2 Å². The van der Waals surface area contributed by atoms with E-state index in [1.807, 2.05) is 40.7 Å². The van der Waals surface area contributed by atoms with Crippen molar-refractivity contribution in [3.05, 3.63) is 22.8 Å². The Bertz CT molecular complexity index is 607. The number of amides is 1. The Labute approximate surface area is 146 Å². The average Bonchev–Trinajstić information content (AvgIpc) is 2.71. The van der Waals surface area contributed by atoms with Crippen molar-refractivity contribution in [2.24, 2.45) is 0 Å². The number of rotatable bonds is 2. The lowest BCUT2D eigenvalue weighted by molar-refractivity contribution is 0.0635. The molecule has 0 radical (unpaired) electrons. The van der Waals surface area contributed by atoms with Crippen LogP contribution in [0.25, 0.3) is 0 Å². The summed E-state index contributed by atoms with van der Waals surface area (Å²) in [6.07, 6.45) is 0.431. The van der Waals surface area contributed by atoms with Crippen LogP contribution in [0.15, 0.2) is 6.07 Å². The second kappa shape index (κ2) is 5.91. The molecule has 0 saturated heterocycles. The molecule has 4 nitrogen and oxygen atoms in total. The topological polar surface area (TPSA) is 47.6 Å². The highest BCUT2D eigenvalue weighted by Gasteiger charge is 2.35. The highest BCUT2D eigenvalue weighted by atomic mass is 127. The third-order valence-corrected chi connectivity index (χ3v) is 5.36. The first-order valence-electron chi connectivity index (χ1n) is 7.43. The molecule has 1 amide bonds. The molecule has 0 fully saturated rings. The van der Waals surface area contributed by atoms with E-state index in [1.165, 1.54) is 0 Å². The Morgan fingerprint density at radius 2 is 2.05 bits per heavy atom. The van der Waals surface area contributed by atoms with Crippen molar-refractivity contribution in [3.63, 3.8) is 0 Å². The lowest BCUT2D eigenvalue weighted by atomic mass is 9.97. The van der Waals surface area contributed by atoms with E-state index in [1.54, 1.807) is 0 Å². The summed E-state index contributed by atoms with van der Waals surface area (Å²) in [7, 11) is 0. The number of fused-ring (bicyclic) bond motifs is 1. The zero-order valence-electron chi connectivity index (χ0n) is 14.1. The molecule has 22 heavy (non-hydrogen) atoms. The van der Waals surface area contributed by atoms with E-state index < -0.39 is 11.7 Å². The van der Waals surface area contributed by atoms with E-state index in [-0.39, 0.29) is 5.60 Å². The summed E-state index contributed by atoms with van der Waals surface area (Å²) in [5, 5.41) is 2.86. The van der Waals surface area contributed by atoms with E-state index in [2.05, 4.69) is 34.8 Å². The minimum absolute atomic E-state index is 0.162. The standard InChI is InChI=1S/C17H24INO3/c1-10-11(2)14-12(8-17(6,9-18)21-14)7-13(10)19-15(20)22-16(3,4)5/h7H,8-9H2,1-6H3,(H,19,20). The van der Waals surface area contributed by atoms with Crippen LogP contribution in [0.5, 0.6) is 5.75 Å². The molecule has 0 aliphatic carbocycles. The maximum Gasteiger partial charge on any atom is 0.412 e. The van der Waals surface area contributed by atoms with Crippen LogP contribution in [0.3, 0.4) is 0 Å². The molecule has 122 valence electrons. The van der Waals surface area contributed by atoms with Crippen LogP contribution in [-0.2, 0) is 11.2 Å². The fraction of sp³-hybridized carbons (Fsp3) is 0.588. The van der Waals surface area contributed by atoms with Gasteiger partial charge in [-0.3, -0.25) is 5.32 Å². The van der Waals surface area contributed by atoms with Crippen molar-refractivity contribution >= 4 is 34.4 Å². The Morgan fingerprint density at radius 3 is 2.59 bits per heavy atom. The predicted octanol–water partition coefficient (Wildman–Crippen LogP) is 4.78. The molecule has 1 aliphatic rings. The number of nitrogens with one attached hydrogen (secondary N) is 1. The summed E-state index contributed by atoms with van der Waals surface area (Å²) >= 11 is 2.35. The third-order valence-electron chi connectivity index (χ3n) is 3.75. The number of carbonyl (C=O) groups is 1. The van der Waals surface area contributed by atoms with Gasteiger partial charge in [-0.25, -0.2) is 4.79 Å². The van der Waals surface area contributed by atoms with Crippen molar-refractivity contribution in [1.82, 2.24) is 0 Å². The molecule has 5 heteroatoms. The summed E-state index contributed by atoms with van der Waals surface area (Å²) in [4.78, 5) is 12.0. The van der Waals surface area contributed by atoms with Gasteiger partial charge in [-0.05, 0) is 58.7 Å². The van der Waals surface area contributed by atoms with Gasteiger partial charge in [0.2, 0.25) is 0 Å². The normalized spacial score (nSPS) is 20.3. The van der Waals surface area contributed by atoms with Crippen LogP contribution in [0.2, 0.25) is 0 Å². The Kier molecular flexibility index (Phi) is 4.66. The number of carbonyl (C=O) groups excluding carboxylic acids is 1. The molecule has 0 aromatic heterocycles. The summed E-state index contributed by atoms with van der Waals surface area (Å²) in [6.45, 7) is 11.7. The summed E-state index contributed by atoms with van der Waals surface area (Å²) in [6, 6.07) is 2.01. The molecule has 1 aliphatic heterocycles. The zero-order chi connectivity index (χ0) is 16.7.